The predicted molar refractivity (Wildman–Crippen MR) is 73.3 cm³/mol. The number of aryl methyl sites for hydroxylation is 2. The van der Waals surface area contributed by atoms with Gasteiger partial charge in [-0.15, -0.1) is 0 Å². The van der Waals surface area contributed by atoms with Gasteiger partial charge in [0, 0.05) is 11.3 Å². The van der Waals surface area contributed by atoms with E-state index >= 15 is 0 Å². The minimum absolute atomic E-state index is 0.0101. The third-order valence-corrected chi connectivity index (χ3v) is 4.05. The average molecular weight is 275 g/mol. The molecular weight excluding hydrogens is 260 g/mol. The summed E-state index contributed by atoms with van der Waals surface area (Å²) in [4.78, 5) is 0. The number of fused-ring (bicyclic) bond motifs is 1. The van der Waals surface area contributed by atoms with Gasteiger partial charge < -0.3 is 10.8 Å². The summed E-state index contributed by atoms with van der Waals surface area (Å²) in [5.41, 5.74) is 6.54. The van der Waals surface area contributed by atoms with Crippen LogP contribution >= 0.6 is 0 Å². The highest BCUT2D eigenvalue weighted by molar-refractivity contribution is 5.52. The Morgan fingerprint density at radius 1 is 1.10 bits per heavy atom. The third kappa shape index (κ3) is 1.72. The summed E-state index contributed by atoms with van der Waals surface area (Å²) >= 11 is 0. The maximum Gasteiger partial charge on any atom is 0.165 e. The van der Waals surface area contributed by atoms with Gasteiger partial charge in [-0.25, -0.2) is 8.78 Å². The number of hydrogen-bond acceptors (Lipinski definition) is 2. The SMILES string of the molecule is Cc1ccc(C2(O)CCc3cc(N)ccc32)c(F)c1F. The summed E-state index contributed by atoms with van der Waals surface area (Å²) in [6.45, 7) is 1.50. The molecule has 0 spiro atoms. The monoisotopic (exact) mass is 275 g/mol. The maximum absolute atomic E-state index is 14.2. The quantitative estimate of drug-likeness (QED) is 0.786. The fraction of sp³-hybridized carbons (Fsp3) is 0.250. The van der Waals surface area contributed by atoms with E-state index in [0.717, 1.165) is 5.56 Å². The van der Waals surface area contributed by atoms with Crippen molar-refractivity contribution in [2.45, 2.75) is 25.4 Å². The molecule has 2 aromatic rings. The Bertz CT molecular complexity index is 699. The summed E-state index contributed by atoms with van der Waals surface area (Å²) in [6.07, 6.45) is 0.914. The van der Waals surface area contributed by atoms with Crippen molar-refractivity contribution in [2.24, 2.45) is 0 Å². The van der Waals surface area contributed by atoms with Crippen LogP contribution in [0.1, 0.15) is 28.7 Å². The number of aliphatic hydroxyl groups is 1. The van der Waals surface area contributed by atoms with Crippen LogP contribution in [0.5, 0.6) is 0 Å². The second-order valence-corrected chi connectivity index (χ2v) is 5.33. The molecule has 0 fully saturated rings. The lowest BCUT2D eigenvalue weighted by atomic mass is 9.87. The standard InChI is InChI=1S/C16H15F2NO/c1-9-2-4-13(15(18)14(9)17)16(20)7-6-10-8-11(19)3-5-12(10)16/h2-5,8,20H,6-7,19H2,1H3. The number of hydrogen-bond donors (Lipinski definition) is 2. The fourth-order valence-electron chi connectivity index (χ4n) is 2.92. The number of nitrogen functional groups attached to an aromatic ring is 1. The molecule has 2 nitrogen and oxygen atoms in total. The van der Waals surface area contributed by atoms with E-state index < -0.39 is 17.2 Å². The first-order chi connectivity index (χ1) is 9.43. The lowest BCUT2D eigenvalue weighted by Gasteiger charge is -2.25. The molecule has 20 heavy (non-hydrogen) atoms. The predicted octanol–water partition coefficient (Wildman–Crippen LogP) is 3.04. The topological polar surface area (TPSA) is 46.2 Å². The summed E-state index contributed by atoms with van der Waals surface area (Å²) < 4.78 is 27.9. The van der Waals surface area contributed by atoms with Crippen LogP contribution in [0.4, 0.5) is 14.5 Å². The number of benzene rings is 2. The van der Waals surface area contributed by atoms with Gasteiger partial charge in [-0.2, -0.15) is 0 Å². The van der Waals surface area contributed by atoms with Crippen LogP contribution in [0, 0.1) is 18.6 Å². The fourth-order valence-corrected chi connectivity index (χ4v) is 2.92. The number of halogens is 2. The third-order valence-electron chi connectivity index (χ3n) is 4.05. The Morgan fingerprint density at radius 3 is 2.55 bits per heavy atom. The van der Waals surface area contributed by atoms with E-state index in [1.165, 1.54) is 19.1 Å². The van der Waals surface area contributed by atoms with Gasteiger partial charge in [0.15, 0.2) is 11.6 Å². The second kappa shape index (κ2) is 4.28. The van der Waals surface area contributed by atoms with Crippen molar-refractivity contribution in [1.29, 1.82) is 0 Å². The Hall–Kier alpha value is -1.94. The molecule has 3 rings (SSSR count). The molecule has 1 atom stereocenters. The van der Waals surface area contributed by atoms with E-state index in [0.29, 0.717) is 24.1 Å². The van der Waals surface area contributed by atoms with Gasteiger partial charge in [0.2, 0.25) is 0 Å². The number of anilines is 1. The van der Waals surface area contributed by atoms with Crippen LogP contribution < -0.4 is 5.73 Å². The van der Waals surface area contributed by atoms with Crippen LogP contribution in [0.2, 0.25) is 0 Å². The second-order valence-electron chi connectivity index (χ2n) is 5.33. The first kappa shape index (κ1) is 13.1. The van der Waals surface area contributed by atoms with E-state index in [9.17, 15) is 13.9 Å². The van der Waals surface area contributed by atoms with E-state index in [4.69, 9.17) is 5.73 Å². The highest BCUT2D eigenvalue weighted by atomic mass is 19.2. The molecule has 4 heteroatoms. The van der Waals surface area contributed by atoms with Gasteiger partial charge in [-0.1, -0.05) is 18.2 Å². The van der Waals surface area contributed by atoms with Crippen molar-refractivity contribution < 1.29 is 13.9 Å². The van der Waals surface area contributed by atoms with Crippen LogP contribution in [0.15, 0.2) is 30.3 Å². The Morgan fingerprint density at radius 2 is 1.80 bits per heavy atom. The van der Waals surface area contributed by atoms with Gasteiger partial charge >= 0.3 is 0 Å². The molecule has 0 aromatic heterocycles. The number of rotatable bonds is 1. The smallest absolute Gasteiger partial charge is 0.165 e. The zero-order valence-electron chi connectivity index (χ0n) is 11.1. The molecule has 0 saturated carbocycles. The Balaban J connectivity index is 2.19. The van der Waals surface area contributed by atoms with Gasteiger partial charge in [0.25, 0.3) is 0 Å². The summed E-state index contributed by atoms with van der Waals surface area (Å²) in [6, 6.07) is 8.07. The maximum atomic E-state index is 14.2. The molecule has 1 aliphatic carbocycles. The van der Waals surface area contributed by atoms with E-state index in [-0.39, 0.29) is 11.1 Å². The molecular formula is C16H15F2NO. The molecule has 0 amide bonds. The molecule has 0 aliphatic heterocycles. The average Bonchev–Trinajstić information content (AvgIpc) is 2.74. The molecule has 0 heterocycles. The normalized spacial score (nSPS) is 21.0. The molecule has 0 radical (unpaired) electrons. The Kier molecular flexibility index (Phi) is 2.80. The van der Waals surface area contributed by atoms with Crippen molar-refractivity contribution in [2.75, 3.05) is 5.73 Å². The largest absolute Gasteiger partial charge is 0.399 e. The van der Waals surface area contributed by atoms with Crippen LogP contribution in [0.3, 0.4) is 0 Å². The highest BCUT2D eigenvalue weighted by Crippen LogP contribution is 2.43. The minimum atomic E-state index is -1.48. The van der Waals surface area contributed by atoms with E-state index in [1.54, 1.807) is 18.2 Å². The number of nitrogens with two attached hydrogens (primary N) is 1. The van der Waals surface area contributed by atoms with Gasteiger partial charge in [-0.05, 0) is 48.6 Å². The van der Waals surface area contributed by atoms with E-state index in [1.807, 2.05) is 0 Å². The van der Waals surface area contributed by atoms with Crippen molar-refractivity contribution in [3.63, 3.8) is 0 Å². The molecule has 1 unspecified atom stereocenters. The van der Waals surface area contributed by atoms with Crippen molar-refractivity contribution in [3.05, 3.63) is 64.2 Å². The van der Waals surface area contributed by atoms with Gasteiger partial charge in [0.1, 0.15) is 5.60 Å². The lowest BCUT2D eigenvalue weighted by Crippen LogP contribution is -2.26. The summed E-state index contributed by atoms with van der Waals surface area (Å²) in [5, 5.41) is 10.9. The van der Waals surface area contributed by atoms with Gasteiger partial charge in [-0.3, -0.25) is 0 Å². The van der Waals surface area contributed by atoms with E-state index in [2.05, 4.69) is 0 Å². The molecule has 104 valence electrons. The molecule has 0 saturated heterocycles. The highest BCUT2D eigenvalue weighted by Gasteiger charge is 2.41. The van der Waals surface area contributed by atoms with Crippen molar-refractivity contribution >= 4 is 5.69 Å². The van der Waals surface area contributed by atoms with Crippen molar-refractivity contribution in [3.8, 4) is 0 Å². The first-order valence-corrected chi connectivity index (χ1v) is 6.50. The molecule has 0 bridgehead atoms. The van der Waals surface area contributed by atoms with Crippen LogP contribution in [-0.4, -0.2) is 5.11 Å². The van der Waals surface area contributed by atoms with Crippen LogP contribution in [-0.2, 0) is 12.0 Å². The zero-order chi connectivity index (χ0) is 14.5. The minimum Gasteiger partial charge on any atom is -0.399 e. The van der Waals surface area contributed by atoms with Crippen LogP contribution in [0.25, 0.3) is 0 Å². The Labute approximate surface area is 115 Å². The van der Waals surface area contributed by atoms with Gasteiger partial charge in [0.05, 0.1) is 0 Å². The molecule has 2 aromatic carbocycles. The summed E-state index contributed by atoms with van der Waals surface area (Å²) in [7, 11) is 0. The molecule has 3 N–H and O–H groups in total. The van der Waals surface area contributed by atoms with Crippen molar-refractivity contribution in [1.82, 2.24) is 0 Å². The lowest BCUT2D eigenvalue weighted by molar-refractivity contribution is 0.0780. The zero-order valence-corrected chi connectivity index (χ0v) is 11.1. The first-order valence-electron chi connectivity index (χ1n) is 6.50. The summed E-state index contributed by atoms with van der Waals surface area (Å²) in [5.74, 6) is -1.88. The molecule has 1 aliphatic rings.